The minimum absolute atomic E-state index is 0.263. The second kappa shape index (κ2) is 8.20. The van der Waals surface area contributed by atoms with Gasteiger partial charge >= 0.3 is 5.69 Å². The molecule has 0 saturated carbocycles. The van der Waals surface area contributed by atoms with E-state index in [0.717, 1.165) is 15.6 Å². The fourth-order valence-corrected chi connectivity index (χ4v) is 3.01. The van der Waals surface area contributed by atoms with Crippen LogP contribution in [0.3, 0.4) is 0 Å². The van der Waals surface area contributed by atoms with Crippen molar-refractivity contribution in [1.82, 2.24) is 9.66 Å². The molecule has 0 radical (unpaired) electrons. The molecule has 4 rings (SSSR count). The first-order valence-corrected chi connectivity index (χ1v) is 9.47. The van der Waals surface area contributed by atoms with Crippen molar-refractivity contribution in [3.63, 3.8) is 0 Å². The lowest BCUT2D eigenvalue weighted by Gasteiger charge is -2.09. The monoisotopic (exact) mass is 407 g/mol. The molecule has 0 atom stereocenters. The van der Waals surface area contributed by atoms with Crippen LogP contribution in [0.15, 0.2) is 63.9 Å². The van der Waals surface area contributed by atoms with E-state index in [1.54, 1.807) is 32.2 Å². The zero-order valence-electron chi connectivity index (χ0n) is 16.6. The summed E-state index contributed by atoms with van der Waals surface area (Å²) in [6.45, 7) is 2.09. The Bertz CT molecular complexity index is 1240. The summed E-state index contributed by atoms with van der Waals surface area (Å²) in [7, 11) is 1.57. The van der Waals surface area contributed by atoms with Gasteiger partial charge in [-0.1, -0.05) is 37.3 Å². The standard InChI is InChI=1S/C22H21N3O5/c1-3-21(26)24-25-12-17(23-22(25)27)20-11-16-18(9-15(28-2)10-19(16)30-20)29-13-14-7-5-4-6-8-14/h4-12H,3,13H2,1-2H3,(H,23,27)(H,24,26). The van der Waals surface area contributed by atoms with E-state index < -0.39 is 5.69 Å². The number of H-pyrrole nitrogens is 1. The van der Waals surface area contributed by atoms with Gasteiger partial charge in [0.2, 0.25) is 5.91 Å². The van der Waals surface area contributed by atoms with Gasteiger partial charge in [-0.25, -0.2) is 9.47 Å². The number of furan rings is 1. The van der Waals surface area contributed by atoms with Crippen LogP contribution >= 0.6 is 0 Å². The quantitative estimate of drug-likeness (QED) is 0.487. The van der Waals surface area contributed by atoms with Gasteiger partial charge in [-0.2, -0.15) is 0 Å². The number of carbonyl (C=O) groups is 1. The third-order valence-electron chi connectivity index (χ3n) is 4.60. The van der Waals surface area contributed by atoms with Crippen LogP contribution in [-0.2, 0) is 11.4 Å². The molecule has 0 saturated heterocycles. The van der Waals surface area contributed by atoms with Gasteiger partial charge < -0.3 is 18.9 Å². The van der Waals surface area contributed by atoms with Gasteiger partial charge in [-0.05, 0) is 11.6 Å². The summed E-state index contributed by atoms with van der Waals surface area (Å²) in [4.78, 5) is 26.4. The lowest BCUT2D eigenvalue weighted by molar-refractivity contribution is -0.116. The number of ether oxygens (including phenoxy) is 2. The normalized spacial score (nSPS) is 10.9. The lowest BCUT2D eigenvalue weighted by atomic mass is 10.2. The van der Waals surface area contributed by atoms with Gasteiger partial charge in [0, 0.05) is 18.6 Å². The van der Waals surface area contributed by atoms with E-state index in [-0.39, 0.29) is 12.3 Å². The number of nitrogens with zero attached hydrogens (tertiary/aromatic N) is 1. The van der Waals surface area contributed by atoms with Crippen LogP contribution in [0.5, 0.6) is 11.5 Å². The highest BCUT2D eigenvalue weighted by Gasteiger charge is 2.16. The molecule has 1 amide bonds. The maximum atomic E-state index is 12.1. The molecule has 0 aliphatic rings. The second-order valence-corrected chi connectivity index (χ2v) is 6.65. The Morgan fingerprint density at radius 1 is 1.20 bits per heavy atom. The van der Waals surface area contributed by atoms with E-state index in [0.29, 0.717) is 35.1 Å². The highest BCUT2D eigenvalue weighted by molar-refractivity contribution is 5.89. The zero-order chi connectivity index (χ0) is 21.1. The summed E-state index contributed by atoms with van der Waals surface area (Å²) in [5, 5.41) is 0.743. The molecule has 0 aliphatic heterocycles. The van der Waals surface area contributed by atoms with Crippen molar-refractivity contribution in [2.45, 2.75) is 20.0 Å². The number of benzene rings is 2. The van der Waals surface area contributed by atoms with Crippen molar-refractivity contribution in [1.29, 1.82) is 0 Å². The Kier molecular flexibility index (Phi) is 5.30. The van der Waals surface area contributed by atoms with Crippen LogP contribution < -0.4 is 20.6 Å². The predicted octanol–water partition coefficient (Wildman–Crippen LogP) is 3.66. The number of amides is 1. The minimum atomic E-state index is -0.467. The molecule has 2 heterocycles. The van der Waals surface area contributed by atoms with Gasteiger partial charge in [0.1, 0.15) is 29.4 Å². The molecule has 0 aliphatic carbocycles. The first-order valence-electron chi connectivity index (χ1n) is 9.47. The van der Waals surface area contributed by atoms with E-state index >= 15 is 0 Å². The van der Waals surface area contributed by atoms with Crippen LogP contribution in [0.4, 0.5) is 0 Å². The maximum absolute atomic E-state index is 12.1. The van der Waals surface area contributed by atoms with Crippen molar-refractivity contribution < 1.29 is 18.7 Å². The fourth-order valence-electron chi connectivity index (χ4n) is 3.01. The third kappa shape index (κ3) is 3.93. The number of fused-ring (bicyclic) bond motifs is 1. The van der Waals surface area contributed by atoms with Crippen LogP contribution in [0.2, 0.25) is 0 Å². The molecule has 0 spiro atoms. The Labute approximate surface area is 172 Å². The molecule has 2 aromatic heterocycles. The zero-order valence-corrected chi connectivity index (χ0v) is 16.6. The van der Waals surface area contributed by atoms with Crippen LogP contribution in [0, 0.1) is 0 Å². The number of aromatic amines is 1. The number of imidazole rings is 1. The molecular formula is C22H21N3O5. The first kappa shape index (κ1) is 19.4. The second-order valence-electron chi connectivity index (χ2n) is 6.65. The summed E-state index contributed by atoms with van der Waals surface area (Å²) in [5.74, 6) is 1.36. The maximum Gasteiger partial charge on any atom is 0.345 e. The summed E-state index contributed by atoms with van der Waals surface area (Å²) in [5.41, 5.74) is 4.05. The van der Waals surface area contributed by atoms with E-state index in [1.807, 2.05) is 30.3 Å². The summed E-state index contributed by atoms with van der Waals surface area (Å²) < 4.78 is 18.4. The smallest absolute Gasteiger partial charge is 0.345 e. The number of hydrogen-bond donors (Lipinski definition) is 2. The molecule has 2 aromatic carbocycles. The van der Waals surface area contributed by atoms with Gasteiger partial charge in [-0.3, -0.25) is 10.2 Å². The Morgan fingerprint density at radius 3 is 2.73 bits per heavy atom. The van der Waals surface area contributed by atoms with Crippen molar-refractivity contribution in [3.05, 3.63) is 70.8 Å². The number of rotatable bonds is 7. The van der Waals surface area contributed by atoms with Crippen LogP contribution in [-0.4, -0.2) is 22.7 Å². The number of aromatic nitrogens is 2. The van der Waals surface area contributed by atoms with Gasteiger partial charge in [0.05, 0.1) is 18.7 Å². The van der Waals surface area contributed by atoms with Gasteiger partial charge in [-0.15, -0.1) is 0 Å². The van der Waals surface area contributed by atoms with Crippen molar-refractivity contribution in [2.24, 2.45) is 0 Å². The molecule has 8 nitrogen and oxygen atoms in total. The van der Waals surface area contributed by atoms with Crippen LogP contribution in [0.25, 0.3) is 22.4 Å². The van der Waals surface area contributed by atoms with Crippen LogP contribution in [0.1, 0.15) is 18.9 Å². The topological polar surface area (TPSA) is 98.5 Å². The molecule has 30 heavy (non-hydrogen) atoms. The van der Waals surface area contributed by atoms with Gasteiger partial charge in [0.15, 0.2) is 5.76 Å². The molecule has 2 N–H and O–H groups in total. The Balaban J connectivity index is 1.69. The average molecular weight is 407 g/mol. The SMILES string of the molecule is CCC(=O)Nn1cc(-c2cc3c(OCc4ccccc4)cc(OC)cc3o2)[nH]c1=O. The third-order valence-corrected chi connectivity index (χ3v) is 4.60. The van der Waals surface area contributed by atoms with Crippen molar-refractivity contribution in [3.8, 4) is 23.0 Å². The minimum Gasteiger partial charge on any atom is -0.496 e. The van der Waals surface area contributed by atoms with E-state index in [4.69, 9.17) is 13.9 Å². The number of nitrogens with one attached hydrogen (secondary N) is 2. The largest absolute Gasteiger partial charge is 0.496 e. The Morgan fingerprint density at radius 2 is 2.00 bits per heavy atom. The van der Waals surface area contributed by atoms with E-state index in [2.05, 4.69) is 10.4 Å². The fraction of sp³-hybridized carbons (Fsp3) is 0.182. The number of carbonyl (C=O) groups excluding carboxylic acids is 1. The first-order chi connectivity index (χ1) is 14.6. The van der Waals surface area contributed by atoms with Crippen molar-refractivity contribution in [2.75, 3.05) is 12.5 Å². The number of methoxy groups -OCH3 is 1. The lowest BCUT2D eigenvalue weighted by Crippen LogP contribution is -2.30. The molecular weight excluding hydrogens is 386 g/mol. The molecule has 0 bridgehead atoms. The molecule has 4 aromatic rings. The van der Waals surface area contributed by atoms with Crippen molar-refractivity contribution >= 4 is 16.9 Å². The van der Waals surface area contributed by atoms with Gasteiger partial charge in [0.25, 0.3) is 0 Å². The predicted molar refractivity (Wildman–Crippen MR) is 112 cm³/mol. The Hall–Kier alpha value is -3.94. The highest BCUT2D eigenvalue weighted by Crippen LogP contribution is 2.36. The molecule has 0 fully saturated rings. The molecule has 8 heteroatoms. The highest BCUT2D eigenvalue weighted by atomic mass is 16.5. The van der Waals surface area contributed by atoms with E-state index in [1.165, 1.54) is 6.20 Å². The average Bonchev–Trinajstić information content (AvgIpc) is 3.36. The summed E-state index contributed by atoms with van der Waals surface area (Å²) in [6, 6.07) is 15.1. The van der Waals surface area contributed by atoms with E-state index in [9.17, 15) is 9.59 Å². The molecule has 154 valence electrons. The number of hydrogen-bond acceptors (Lipinski definition) is 5. The molecule has 0 unspecified atom stereocenters. The summed E-state index contributed by atoms with van der Waals surface area (Å²) in [6.07, 6.45) is 1.74. The summed E-state index contributed by atoms with van der Waals surface area (Å²) >= 11 is 0.